The third-order valence-electron chi connectivity index (χ3n) is 6.74. The number of aldehydes is 1. The van der Waals surface area contributed by atoms with Gasteiger partial charge in [0.2, 0.25) is 0 Å². The number of rotatable bonds is 5. The number of hydrogen-bond acceptors (Lipinski definition) is 7. The van der Waals surface area contributed by atoms with Crippen molar-refractivity contribution < 1.29 is 28.2 Å². The van der Waals surface area contributed by atoms with Gasteiger partial charge in [-0.2, -0.15) is 0 Å². The van der Waals surface area contributed by atoms with Crippen molar-refractivity contribution in [3.63, 3.8) is 0 Å². The van der Waals surface area contributed by atoms with Gasteiger partial charge in [-0.05, 0) is 45.4 Å². The van der Waals surface area contributed by atoms with E-state index in [2.05, 4.69) is 14.5 Å². The van der Waals surface area contributed by atoms with Crippen LogP contribution in [-0.4, -0.2) is 88.0 Å². The molecule has 0 bridgehead atoms. The molecule has 9 nitrogen and oxygen atoms in total. The number of aliphatic imine (C=N–C) groups is 1. The Balaban J connectivity index is 0.000000322. The second-order valence-electron chi connectivity index (χ2n) is 9.75. The summed E-state index contributed by atoms with van der Waals surface area (Å²) in [5.74, 6) is -1.67. The number of amidine groups is 1. The molecule has 2 saturated heterocycles. The van der Waals surface area contributed by atoms with E-state index < -0.39 is 12.0 Å². The second kappa shape index (κ2) is 13.7. The summed E-state index contributed by atoms with van der Waals surface area (Å²) in [6.45, 7) is 7.76. The molecule has 0 saturated carbocycles. The summed E-state index contributed by atoms with van der Waals surface area (Å²) in [5.41, 5.74) is 3.27. The molecule has 3 aliphatic heterocycles. The van der Waals surface area contributed by atoms with E-state index in [4.69, 9.17) is 4.74 Å². The smallest absolute Gasteiger partial charge is 0.415 e. The van der Waals surface area contributed by atoms with Gasteiger partial charge in [-0.25, -0.2) is 23.6 Å². The first-order chi connectivity index (χ1) is 18.7. The van der Waals surface area contributed by atoms with Crippen LogP contribution in [0.1, 0.15) is 68.9 Å². The average Bonchev–Trinajstić information content (AvgIpc) is 3.53. The number of aromatic nitrogens is 2. The minimum absolute atomic E-state index is 0.0312. The first-order valence-electron chi connectivity index (χ1n) is 13.6. The number of aliphatic hydroxyl groups excluding tert-OH is 1. The van der Waals surface area contributed by atoms with Gasteiger partial charge in [-0.1, -0.05) is 13.8 Å². The number of nitrogens with zero attached hydrogens (tertiary/aromatic N) is 5. The number of piperidine rings is 1. The molecule has 2 fully saturated rings. The number of likely N-dealkylation sites (tertiary alicyclic amines) is 1. The topological polar surface area (TPSA) is 100 Å². The van der Waals surface area contributed by atoms with Crippen molar-refractivity contribution in [1.82, 2.24) is 19.4 Å². The van der Waals surface area contributed by atoms with Crippen molar-refractivity contribution in [3.8, 4) is 0 Å². The van der Waals surface area contributed by atoms with Gasteiger partial charge in [0.05, 0.1) is 12.6 Å². The van der Waals surface area contributed by atoms with E-state index in [0.29, 0.717) is 63.3 Å². The lowest BCUT2D eigenvalue weighted by Crippen LogP contribution is -2.36. The van der Waals surface area contributed by atoms with Crippen LogP contribution in [0.4, 0.5) is 13.6 Å². The number of allylic oxidation sites excluding steroid dienone is 1. The largest absolute Gasteiger partial charge is 0.447 e. The summed E-state index contributed by atoms with van der Waals surface area (Å²) < 4.78 is 31.7. The number of pyridine rings is 1. The monoisotopic (exact) mass is 547 g/mol. The van der Waals surface area contributed by atoms with E-state index in [-0.39, 0.29) is 18.9 Å². The Labute approximate surface area is 228 Å². The minimum Gasteiger partial charge on any atom is -0.447 e. The average molecular weight is 548 g/mol. The predicted octanol–water partition coefficient (Wildman–Crippen LogP) is 4.98. The number of hydrogen-bond donors (Lipinski definition) is 1. The number of aliphatic hydroxyl groups is 1. The molecule has 0 aromatic carbocycles. The van der Waals surface area contributed by atoms with Gasteiger partial charge in [0, 0.05) is 67.1 Å². The number of carbonyl (C=O) groups is 2. The zero-order valence-corrected chi connectivity index (χ0v) is 23.2. The highest BCUT2D eigenvalue weighted by molar-refractivity contribution is 5.98. The van der Waals surface area contributed by atoms with Crippen molar-refractivity contribution in [1.29, 1.82) is 0 Å². The number of fused-ring (bicyclic) bond motifs is 1. The van der Waals surface area contributed by atoms with Gasteiger partial charge >= 0.3 is 6.09 Å². The summed E-state index contributed by atoms with van der Waals surface area (Å²) in [6.07, 6.45) is 6.05. The lowest BCUT2D eigenvalue weighted by molar-refractivity contribution is -0.0504. The quantitative estimate of drug-likeness (QED) is 0.530. The Morgan fingerprint density at radius 1 is 1.18 bits per heavy atom. The zero-order valence-electron chi connectivity index (χ0n) is 23.2. The van der Waals surface area contributed by atoms with Gasteiger partial charge in [-0.3, -0.25) is 9.69 Å². The fourth-order valence-corrected chi connectivity index (χ4v) is 4.56. The number of alkyl halides is 2. The van der Waals surface area contributed by atoms with Gasteiger partial charge in [-0.15, -0.1) is 0 Å². The molecule has 1 atom stereocenters. The number of carbonyl (C=O) groups excluding carboxylic acids is 2. The van der Waals surface area contributed by atoms with Crippen LogP contribution in [0, 0.1) is 0 Å². The summed E-state index contributed by atoms with van der Waals surface area (Å²) in [6, 6.07) is 3.83. The molecule has 1 unspecified atom stereocenters. The lowest BCUT2D eigenvalue weighted by atomic mass is 10.1. The number of aryl methyl sites for hydroxylation is 1. The van der Waals surface area contributed by atoms with E-state index >= 15 is 0 Å². The normalized spacial score (nSPS) is 19.7. The molecular formula is C28H39F2N5O4. The summed E-state index contributed by atoms with van der Waals surface area (Å²) in [5, 5.41) is 10.6. The molecule has 0 spiro atoms. The van der Waals surface area contributed by atoms with Crippen LogP contribution >= 0.6 is 0 Å². The minimum atomic E-state index is -2.38. The first kappa shape index (κ1) is 30.4. The molecule has 0 aliphatic carbocycles. The van der Waals surface area contributed by atoms with Crippen molar-refractivity contribution in [2.45, 2.75) is 71.3 Å². The van der Waals surface area contributed by atoms with Crippen LogP contribution < -0.4 is 0 Å². The molecule has 11 heteroatoms. The molecule has 3 aliphatic rings. The van der Waals surface area contributed by atoms with Crippen LogP contribution in [0.25, 0.3) is 16.7 Å². The van der Waals surface area contributed by atoms with Crippen LogP contribution in [0.3, 0.4) is 0 Å². The van der Waals surface area contributed by atoms with Crippen LogP contribution in [0.15, 0.2) is 29.5 Å². The highest BCUT2D eigenvalue weighted by Crippen LogP contribution is 2.29. The molecule has 39 heavy (non-hydrogen) atoms. The first-order valence-corrected chi connectivity index (χ1v) is 13.6. The Bertz CT molecular complexity index is 1200. The van der Waals surface area contributed by atoms with Crippen molar-refractivity contribution in [2.75, 3.05) is 33.3 Å². The van der Waals surface area contributed by atoms with E-state index in [0.717, 1.165) is 28.7 Å². The Hall–Kier alpha value is -3.18. The number of amides is 1. The van der Waals surface area contributed by atoms with Crippen molar-refractivity contribution in [3.05, 3.63) is 35.8 Å². The molecule has 1 N–H and O–H groups in total. The summed E-state index contributed by atoms with van der Waals surface area (Å²) in [7, 11) is 1.87. The number of ether oxygens (including phenoxy) is 1. The van der Waals surface area contributed by atoms with Gasteiger partial charge in [0.1, 0.15) is 18.1 Å². The van der Waals surface area contributed by atoms with Gasteiger partial charge < -0.3 is 19.3 Å². The Morgan fingerprint density at radius 2 is 1.90 bits per heavy atom. The summed E-state index contributed by atoms with van der Waals surface area (Å²) >= 11 is 0. The lowest BCUT2D eigenvalue weighted by Gasteiger charge is -2.28. The molecule has 5 rings (SSSR count). The highest BCUT2D eigenvalue weighted by atomic mass is 19.3. The third kappa shape index (κ3) is 7.92. The standard InChI is InChI=1S/C20H22N4O4.C6H11F2N.C2H6/c1-13(26)2-3-16-9-15-8-14(12-25)10-22-19(15)24(16)17-4-5-18(21-11-17)23-6-7-28-20(23)27;1-9-4-2-6(7,8)3-5-9;1-2/h8-13,26H,2-7H2,1H3;2-5H2,1H3;1-2H3. The zero-order chi connectivity index (χ0) is 28.6. The van der Waals surface area contributed by atoms with E-state index in [1.807, 2.05) is 37.9 Å². The van der Waals surface area contributed by atoms with Gasteiger partial charge in [0.15, 0.2) is 6.29 Å². The maximum Gasteiger partial charge on any atom is 0.415 e. The highest BCUT2D eigenvalue weighted by Gasteiger charge is 2.32. The van der Waals surface area contributed by atoms with E-state index in [9.17, 15) is 23.5 Å². The Morgan fingerprint density at radius 3 is 2.44 bits per heavy atom. The second-order valence-corrected chi connectivity index (χ2v) is 9.75. The fraction of sp³-hybridized carbons (Fsp3) is 0.571. The third-order valence-corrected chi connectivity index (χ3v) is 6.74. The summed E-state index contributed by atoms with van der Waals surface area (Å²) in [4.78, 5) is 35.3. The number of halogens is 2. The molecule has 1 amide bonds. The van der Waals surface area contributed by atoms with Crippen molar-refractivity contribution >= 4 is 34.9 Å². The molecule has 2 aromatic heterocycles. The van der Waals surface area contributed by atoms with E-state index in [1.165, 1.54) is 0 Å². The molecular weight excluding hydrogens is 508 g/mol. The maximum absolute atomic E-state index is 12.4. The number of cyclic esters (lactones) is 1. The molecule has 5 heterocycles. The molecule has 2 aromatic rings. The fourth-order valence-electron chi connectivity index (χ4n) is 4.56. The van der Waals surface area contributed by atoms with Crippen LogP contribution in [0.5, 0.6) is 0 Å². The SMILES string of the molecule is CC.CC(O)CCc1cc2cc(C=O)cnc2n1C1=CN=C(N2CCOC2=O)CC1.CN1CCC(F)(F)CC1. The van der Waals surface area contributed by atoms with Crippen molar-refractivity contribution in [2.24, 2.45) is 4.99 Å². The molecule has 214 valence electrons. The van der Waals surface area contributed by atoms with Crippen LogP contribution in [0.2, 0.25) is 0 Å². The maximum atomic E-state index is 12.4. The molecule has 0 radical (unpaired) electrons. The van der Waals surface area contributed by atoms with Crippen LogP contribution in [-0.2, 0) is 11.2 Å². The van der Waals surface area contributed by atoms with E-state index in [1.54, 1.807) is 24.2 Å². The van der Waals surface area contributed by atoms with Gasteiger partial charge in [0.25, 0.3) is 5.92 Å². The Kier molecular flexibility index (Phi) is 10.7. The predicted molar refractivity (Wildman–Crippen MR) is 147 cm³/mol.